The van der Waals surface area contributed by atoms with Crippen LogP contribution in [0.1, 0.15) is 73.7 Å². The van der Waals surface area contributed by atoms with Crippen molar-refractivity contribution in [1.29, 1.82) is 0 Å². The Bertz CT molecular complexity index is 2300. The zero-order chi connectivity index (χ0) is 49.5. The van der Waals surface area contributed by atoms with Gasteiger partial charge in [0.1, 0.15) is 36.0 Å². The number of carboxylic acids is 5. The van der Waals surface area contributed by atoms with Crippen LogP contribution in [-0.4, -0.2) is 131 Å². The molecule has 0 aliphatic rings. The second kappa shape index (κ2) is 27.8. The summed E-state index contributed by atoms with van der Waals surface area (Å²) >= 11 is 1.87. The lowest BCUT2D eigenvalue weighted by Gasteiger charge is -2.25. The zero-order valence-electron chi connectivity index (χ0n) is 35.6. The molecule has 0 radical (unpaired) electrons. The summed E-state index contributed by atoms with van der Waals surface area (Å²) in [5.41, 5.74) is 3.20. The number of amides is 6. The lowest BCUT2D eigenvalue weighted by molar-refractivity contribution is -0.141. The number of anilines is 1. The van der Waals surface area contributed by atoms with Crippen molar-refractivity contribution in [2.24, 2.45) is 5.10 Å². The predicted octanol–water partition coefficient (Wildman–Crippen LogP) is 1.42. The van der Waals surface area contributed by atoms with Gasteiger partial charge in [0.05, 0.1) is 9.78 Å². The van der Waals surface area contributed by atoms with E-state index in [1.165, 1.54) is 22.6 Å². The molecule has 0 spiro atoms. The van der Waals surface area contributed by atoms with E-state index in [9.17, 15) is 68.4 Å². The van der Waals surface area contributed by atoms with Crippen molar-refractivity contribution < 1.29 is 73.5 Å². The van der Waals surface area contributed by atoms with Crippen molar-refractivity contribution in [2.45, 2.75) is 94.4 Å². The molecule has 12 N–H and O–H groups in total. The second-order valence-corrected chi connectivity index (χ2v) is 15.3. The minimum absolute atomic E-state index is 0.0111. The molecule has 5 atom stereocenters. The number of hydrogen-bond acceptors (Lipinski definition) is 13. The van der Waals surface area contributed by atoms with Crippen molar-refractivity contribution in [1.82, 2.24) is 36.9 Å². The van der Waals surface area contributed by atoms with Crippen LogP contribution in [0.25, 0.3) is 10.8 Å². The number of benzene rings is 2. The fourth-order valence-corrected chi connectivity index (χ4v) is 6.44. The van der Waals surface area contributed by atoms with Crippen LogP contribution >= 0.6 is 22.6 Å². The monoisotopic (exact) mass is 1050 g/mol. The van der Waals surface area contributed by atoms with Crippen molar-refractivity contribution in [3.05, 3.63) is 71.9 Å². The van der Waals surface area contributed by atoms with E-state index in [2.05, 4.69) is 42.1 Å². The molecule has 0 aliphatic carbocycles. The molecule has 0 bridgehead atoms. The van der Waals surface area contributed by atoms with Gasteiger partial charge in [-0.25, -0.2) is 19.4 Å². The molecular weight excluding hydrogens is 997 g/mol. The zero-order valence-corrected chi connectivity index (χ0v) is 37.8. The van der Waals surface area contributed by atoms with Crippen molar-refractivity contribution >= 4 is 103 Å². The van der Waals surface area contributed by atoms with Gasteiger partial charge < -0.3 is 57.4 Å². The van der Waals surface area contributed by atoms with Crippen LogP contribution in [0.3, 0.4) is 0 Å². The van der Waals surface area contributed by atoms with Gasteiger partial charge in [-0.1, -0.05) is 42.5 Å². The molecule has 2 aromatic carbocycles. The van der Waals surface area contributed by atoms with Crippen LogP contribution in [0.4, 0.5) is 10.6 Å². The van der Waals surface area contributed by atoms with Gasteiger partial charge in [-0.3, -0.25) is 39.0 Å². The molecule has 6 amide bonds. The Balaban J connectivity index is 1.77. The van der Waals surface area contributed by atoms with E-state index in [4.69, 9.17) is 5.11 Å². The highest BCUT2D eigenvalue weighted by Crippen LogP contribution is 2.17. The Labute approximate surface area is 395 Å². The fourth-order valence-electron chi connectivity index (χ4n) is 6.30. The smallest absolute Gasteiger partial charge is 0.326 e. The first-order valence-electron chi connectivity index (χ1n) is 20.6. The number of urea groups is 1. The van der Waals surface area contributed by atoms with E-state index in [0.29, 0.717) is 11.4 Å². The first-order valence-corrected chi connectivity index (χ1v) is 21.8. The molecule has 0 saturated heterocycles. The molecular formula is C42H50IN9O15. The maximum atomic E-state index is 14.0. The number of aliphatic carboxylic acids is 5. The van der Waals surface area contributed by atoms with E-state index < -0.39 is 128 Å². The average Bonchev–Trinajstić information content (AvgIpc) is 3.28. The third-order valence-electron chi connectivity index (χ3n) is 9.76. The number of carboxylic acid groups (broad SMARTS) is 5. The average molecular weight is 1050 g/mol. The van der Waals surface area contributed by atoms with E-state index in [1.807, 2.05) is 46.1 Å². The number of hydrazone groups is 1. The number of fused-ring (bicyclic) bond motifs is 1. The molecule has 1 heterocycles. The van der Waals surface area contributed by atoms with Gasteiger partial charge in [-0.05, 0) is 89.6 Å². The first-order chi connectivity index (χ1) is 31.9. The van der Waals surface area contributed by atoms with E-state index in [-0.39, 0.29) is 37.8 Å². The van der Waals surface area contributed by atoms with Crippen LogP contribution < -0.4 is 37.3 Å². The molecule has 0 fully saturated rings. The van der Waals surface area contributed by atoms with Crippen LogP contribution in [0.2, 0.25) is 0 Å². The SMILES string of the molecule is O=C(O)CCC(NC(=O)NC(CCCCNC(=O)C(Cc1ccc2ccccc2c1)NC(=O)C(CCC(=O)O)NC(=O)C(CCC(=O)O)NC(=O)c1ccc(N/N=C\I)nc1)C(=O)O)C(=O)O. The van der Waals surface area contributed by atoms with Gasteiger partial charge in [0.2, 0.25) is 17.7 Å². The number of aromatic nitrogens is 1. The normalized spacial score (nSPS) is 13.1. The Hall–Kier alpha value is -7.45. The molecule has 24 nitrogen and oxygen atoms in total. The van der Waals surface area contributed by atoms with E-state index in [0.717, 1.165) is 10.8 Å². The Kier molecular flexibility index (Phi) is 22.3. The van der Waals surface area contributed by atoms with E-state index in [1.54, 1.807) is 24.3 Å². The van der Waals surface area contributed by atoms with Crippen molar-refractivity contribution in [3.63, 3.8) is 0 Å². The third kappa shape index (κ3) is 19.7. The van der Waals surface area contributed by atoms with Gasteiger partial charge in [0, 0.05) is 38.4 Å². The third-order valence-corrected chi connectivity index (χ3v) is 10.0. The predicted molar refractivity (Wildman–Crippen MR) is 245 cm³/mol. The van der Waals surface area contributed by atoms with Gasteiger partial charge in [0.25, 0.3) is 5.91 Å². The molecule has 67 heavy (non-hydrogen) atoms. The number of rotatable bonds is 29. The summed E-state index contributed by atoms with van der Waals surface area (Å²) in [5.74, 6) is -10.2. The summed E-state index contributed by atoms with van der Waals surface area (Å²) in [6.45, 7) is -0.0665. The summed E-state index contributed by atoms with van der Waals surface area (Å²) < 4.78 is 1.44. The Morgan fingerprint density at radius 3 is 1.70 bits per heavy atom. The summed E-state index contributed by atoms with van der Waals surface area (Å²) in [7, 11) is 0. The molecule has 3 rings (SSSR count). The molecule has 1 aromatic heterocycles. The van der Waals surface area contributed by atoms with E-state index >= 15 is 0 Å². The van der Waals surface area contributed by atoms with Gasteiger partial charge in [-0.15, -0.1) is 0 Å². The van der Waals surface area contributed by atoms with Crippen LogP contribution in [0.15, 0.2) is 65.9 Å². The Morgan fingerprint density at radius 2 is 1.15 bits per heavy atom. The first kappa shape index (κ1) is 53.9. The molecule has 3 aromatic rings. The van der Waals surface area contributed by atoms with Crippen LogP contribution in [0.5, 0.6) is 0 Å². The molecule has 25 heteroatoms. The maximum Gasteiger partial charge on any atom is 0.326 e. The lowest BCUT2D eigenvalue weighted by atomic mass is 10.00. The number of carbonyl (C=O) groups excluding carboxylic acids is 5. The maximum absolute atomic E-state index is 14.0. The number of nitrogens with zero attached hydrogens (tertiary/aromatic N) is 2. The largest absolute Gasteiger partial charge is 0.481 e. The number of hydrogen-bond donors (Lipinski definition) is 12. The number of carbonyl (C=O) groups is 10. The van der Waals surface area contributed by atoms with Gasteiger partial charge in [0.15, 0.2) is 0 Å². The topological polar surface area (TPSA) is 381 Å². The number of pyridine rings is 1. The van der Waals surface area contributed by atoms with Crippen molar-refractivity contribution in [2.75, 3.05) is 12.0 Å². The highest BCUT2D eigenvalue weighted by atomic mass is 127. The second-order valence-electron chi connectivity index (χ2n) is 14.8. The molecule has 5 unspecified atom stereocenters. The van der Waals surface area contributed by atoms with Crippen LogP contribution in [0, 0.1) is 0 Å². The number of halogens is 1. The number of unbranched alkanes of at least 4 members (excludes halogenated alkanes) is 1. The Morgan fingerprint density at radius 1 is 0.597 bits per heavy atom. The quantitative estimate of drug-likeness (QED) is 0.0202. The van der Waals surface area contributed by atoms with Gasteiger partial charge >= 0.3 is 35.9 Å². The van der Waals surface area contributed by atoms with Crippen molar-refractivity contribution in [3.8, 4) is 0 Å². The van der Waals surface area contributed by atoms with Crippen LogP contribution in [-0.2, 0) is 44.8 Å². The minimum Gasteiger partial charge on any atom is -0.481 e. The highest BCUT2D eigenvalue weighted by Gasteiger charge is 2.31. The molecule has 0 aliphatic heterocycles. The summed E-state index contributed by atoms with van der Waals surface area (Å²) in [6.07, 6.45) is -1.98. The molecule has 360 valence electrons. The highest BCUT2D eigenvalue weighted by molar-refractivity contribution is 14.1. The van der Waals surface area contributed by atoms with Gasteiger partial charge in [-0.2, -0.15) is 5.10 Å². The minimum atomic E-state index is -1.61. The standard InChI is InChI=1S/C42H50IN9O15/c43-22-46-52-32-14-10-26(21-45-32)36(59)47-27(11-15-33(53)54)38(61)48-28(12-16-34(55)56)39(62)49-31(20-23-8-9-24-5-1-2-6-25(24)19-23)37(60)44-18-4-3-7-29(40(63)64)50-42(67)51-30(41(65)66)13-17-35(57)58/h1-2,5-6,8-10,14,19,21-22,27-31H,3-4,7,11-13,15-18,20H2,(H,44,60)(H,45,52)(H,47,59)(H,48,61)(H,49,62)(H,53,54)(H,55,56)(H,57,58)(H,63,64)(H,65,66)(H2,50,51,67)/b46-22-. The summed E-state index contributed by atoms with van der Waals surface area (Å²) in [4.78, 5) is 128. The number of nitrogens with one attached hydrogen (secondary N) is 7. The summed E-state index contributed by atoms with van der Waals surface area (Å²) in [5, 5.41) is 66.4. The fraction of sp³-hybridized carbons (Fsp3) is 0.381. The summed E-state index contributed by atoms with van der Waals surface area (Å²) in [6, 6.07) is 6.73. The molecule has 0 saturated carbocycles. The lowest BCUT2D eigenvalue weighted by Crippen LogP contribution is -2.57.